The number of aromatic nitrogens is 3. The van der Waals surface area contributed by atoms with Crippen LogP contribution in [0.5, 0.6) is 0 Å². The van der Waals surface area contributed by atoms with E-state index in [0.717, 1.165) is 40.4 Å². The third kappa shape index (κ3) is 2.72. The topological polar surface area (TPSA) is 62.2 Å². The van der Waals surface area contributed by atoms with E-state index in [1.165, 1.54) is 12.8 Å². The Bertz CT molecular complexity index is 959. The van der Waals surface area contributed by atoms with Crippen LogP contribution in [0.3, 0.4) is 0 Å². The summed E-state index contributed by atoms with van der Waals surface area (Å²) in [6.07, 6.45) is 2.47. The second kappa shape index (κ2) is 6.02. The van der Waals surface area contributed by atoms with Gasteiger partial charge >= 0.3 is 0 Å². The Kier molecular flexibility index (Phi) is 3.63. The zero-order chi connectivity index (χ0) is 17.7. The second-order valence-electron chi connectivity index (χ2n) is 7.10. The fourth-order valence-electron chi connectivity index (χ4n) is 3.35. The minimum absolute atomic E-state index is 0.0557. The number of anilines is 1. The summed E-state index contributed by atoms with van der Waals surface area (Å²) in [5, 5.41) is 8.70. The third-order valence-corrected chi connectivity index (χ3v) is 6.09. The molecule has 1 saturated heterocycles. The minimum Gasteiger partial charge on any atom is -0.351 e. The van der Waals surface area contributed by atoms with Crippen LogP contribution in [-0.2, 0) is 0 Å². The smallest absolute Gasteiger partial charge is 0.254 e. The molecular formula is C19H19N5OS. The van der Waals surface area contributed by atoms with Crippen molar-refractivity contribution in [1.29, 1.82) is 0 Å². The molecule has 2 aliphatic rings. The molecule has 1 saturated carbocycles. The van der Waals surface area contributed by atoms with Gasteiger partial charge in [-0.15, -0.1) is 16.4 Å². The van der Waals surface area contributed by atoms with Crippen molar-refractivity contribution in [2.45, 2.75) is 24.8 Å². The van der Waals surface area contributed by atoms with Crippen molar-refractivity contribution in [2.24, 2.45) is 0 Å². The van der Waals surface area contributed by atoms with Crippen molar-refractivity contribution in [1.82, 2.24) is 20.1 Å². The number of likely N-dealkylation sites (N-methyl/N-ethyl adjacent to an activating group) is 1. The van der Waals surface area contributed by atoms with Crippen LogP contribution < -0.4 is 4.90 Å². The maximum absolute atomic E-state index is 12.8. The number of benzene rings is 1. The summed E-state index contributed by atoms with van der Waals surface area (Å²) in [4.78, 5) is 21.1. The molecule has 6 nitrogen and oxygen atoms in total. The van der Waals surface area contributed by atoms with E-state index < -0.39 is 0 Å². The Labute approximate surface area is 155 Å². The van der Waals surface area contributed by atoms with Crippen molar-refractivity contribution >= 4 is 33.3 Å². The lowest BCUT2D eigenvalue weighted by molar-refractivity contribution is 0.0705. The van der Waals surface area contributed by atoms with E-state index >= 15 is 0 Å². The average Bonchev–Trinajstić information content (AvgIpc) is 3.37. The molecule has 2 fully saturated rings. The number of carbonyl (C=O) groups excluding carboxylic acids is 1. The lowest BCUT2D eigenvalue weighted by atomic mass is 10.1. The van der Waals surface area contributed by atoms with Crippen molar-refractivity contribution in [2.75, 3.05) is 25.0 Å². The van der Waals surface area contributed by atoms with E-state index in [0.29, 0.717) is 5.92 Å². The number of carbonyl (C=O) groups is 1. The molecule has 0 spiro atoms. The molecule has 1 aliphatic carbocycles. The number of hydrogen-bond donors (Lipinski definition) is 0. The summed E-state index contributed by atoms with van der Waals surface area (Å²) >= 11 is 1.56. The number of hydrogen-bond acceptors (Lipinski definition) is 6. The van der Waals surface area contributed by atoms with Gasteiger partial charge in [0.05, 0.1) is 27.5 Å². The van der Waals surface area contributed by atoms with E-state index in [-0.39, 0.29) is 11.9 Å². The predicted octanol–water partition coefficient (Wildman–Crippen LogP) is 2.92. The Hall–Kier alpha value is -2.54. The van der Waals surface area contributed by atoms with E-state index in [9.17, 15) is 4.79 Å². The summed E-state index contributed by atoms with van der Waals surface area (Å²) in [5.74, 6) is 1.58. The first-order chi connectivity index (χ1) is 12.7. The van der Waals surface area contributed by atoms with Gasteiger partial charge in [0.25, 0.3) is 5.91 Å². The van der Waals surface area contributed by atoms with E-state index in [2.05, 4.69) is 32.2 Å². The monoisotopic (exact) mass is 365 g/mol. The van der Waals surface area contributed by atoms with Gasteiger partial charge in [0.15, 0.2) is 5.82 Å². The molecule has 3 aromatic rings. The molecule has 26 heavy (non-hydrogen) atoms. The number of nitrogens with zero attached hydrogens (tertiary/aromatic N) is 5. The molecule has 0 bridgehead atoms. The van der Waals surface area contributed by atoms with E-state index in [1.807, 2.05) is 35.7 Å². The fourth-order valence-corrected chi connectivity index (χ4v) is 4.06. The Balaban J connectivity index is 1.24. The molecule has 1 aliphatic heterocycles. The van der Waals surface area contributed by atoms with Crippen molar-refractivity contribution in [3.8, 4) is 0 Å². The summed E-state index contributed by atoms with van der Waals surface area (Å²) < 4.78 is 1.05. The van der Waals surface area contributed by atoms with Gasteiger partial charge in [0.1, 0.15) is 0 Å². The summed E-state index contributed by atoms with van der Waals surface area (Å²) in [6, 6.07) is 10.0. The van der Waals surface area contributed by atoms with Gasteiger partial charge < -0.3 is 9.80 Å². The molecule has 0 N–H and O–H groups in total. The molecule has 0 radical (unpaired) electrons. The molecule has 1 aromatic carbocycles. The van der Waals surface area contributed by atoms with Crippen molar-refractivity contribution < 1.29 is 4.79 Å². The van der Waals surface area contributed by atoms with E-state index in [1.54, 1.807) is 11.3 Å². The first-order valence-corrected chi connectivity index (χ1v) is 9.76. The Morgan fingerprint density at radius 1 is 1.19 bits per heavy atom. The zero-order valence-electron chi connectivity index (χ0n) is 14.5. The summed E-state index contributed by atoms with van der Waals surface area (Å²) in [5.41, 5.74) is 4.58. The SMILES string of the molecule is CN(C(=O)c1ccc2ncsc2c1)C1CN(c2ccc(C3CC3)nn2)C1. The van der Waals surface area contributed by atoms with Crippen molar-refractivity contribution in [3.05, 3.63) is 47.1 Å². The highest BCUT2D eigenvalue weighted by Gasteiger charge is 2.34. The quantitative estimate of drug-likeness (QED) is 0.711. The molecule has 0 atom stereocenters. The number of fused-ring (bicyclic) bond motifs is 1. The second-order valence-corrected chi connectivity index (χ2v) is 7.99. The van der Waals surface area contributed by atoms with Crippen LogP contribution in [-0.4, -0.2) is 52.2 Å². The average molecular weight is 365 g/mol. The molecule has 0 unspecified atom stereocenters. The number of thiazole rings is 1. The lowest BCUT2D eigenvalue weighted by Gasteiger charge is -2.44. The van der Waals surface area contributed by atoms with Gasteiger partial charge in [-0.25, -0.2) is 4.98 Å². The van der Waals surface area contributed by atoms with Gasteiger partial charge in [0.2, 0.25) is 0 Å². The molecule has 5 rings (SSSR count). The molecule has 132 valence electrons. The molecule has 2 aromatic heterocycles. The first-order valence-electron chi connectivity index (χ1n) is 8.88. The Morgan fingerprint density at radius 2 is 2.04 bits per heavy atom. The van der Waals surface area contributed by atoms with Crippen LogP contribution in [0, 0.1) is 0 Å². The minimum atomic E-state index is 0.0557. The highest BCUT2D eigenvalue weighted by molar-refractivity contribution is 7.16. The molecular weight excluding hydrogens is 346 g/mol. The van der Waals surface area contributed by atoms with Gasteiger partial charge in [-0.3, -0.25) is 4.79 Å². The third-order valence-electron chi connectivity index (χ3n) is 5.30. The van der Waals surface area contributed by atoms with E-state index in [4.69, 9.17) is 0 Å². The maximum atomic E-state index is 12.8. The van der Waals surface area contributed by atoms with Crippen LogP contribution in [0.4, 0.5) is 5.82 Å². The van der Waals surface area contributed by atoms with Crippen molar-refractivity contribution in [3.63, 3.8) is 0 Å². The van der Waals surface area contributed by atoms with Gasteiger partial charge in [-0.2, -0.15) is 5.10 Å². The standard InChI is InChI=1S/C19H19N5OS/c1-23(19(25)13-4-5-16-17(8-13)26-11-20-16)14-9-24(10-14)18-7-6-15(21-22-18)12-2-3-12/h4-8,11-12,14H,2-3,9-10H2,1H3. The van der Waals surface area contributed by atoms with Crippen LogP contribution in [0.15, 0.2) is 35.8 Å². The van der Waals surface area contributed by atoms with Crippen LogP contribution in [0.25, 0.3) is 10.2 Å². The first kappa shape index (κ1) is 15.7. The number of rotatable bonds is 4. The van der Waals surface area contributed by atoms with Gasteiger partial charge in [0, 0.05) is 31.6 Å². The highest BCUT2D eigenvalue weighted by Crippen LogP contribution is 2.38. The van der Waals surface area contributed by atoms with Crippen LogP contribution in [0.1, 0.15) is 34.8 Å². The fraction of sp³-hybridized carbons (Fsp3) is 0.368. The van der Waals surface area contributed by atoms with Crippen LogP contribution in [0.2, 0.25) is 0 Å². The zero-order valence-corrected chi connectivity index (χ0v) is 15.3. The number of amides is 1. The Morgan fingerprint density at radius 3 is 2.77 bits per heavy atom. The lowest BCUT2D eigenvalue weighted by Crippen LogP contribution is -2.60. The largest absolute Gasteiger partial charge is 0.351 e. The molecule has 1 amide bonds. The van der Waals surface area contributed by atoms with Gasteiger partial charge in [-0.1, -0.05) is 0 Å². The maximum Gasteiger partial charge on any atom is 0.254 e. The van der Waals surface area contributed by atoms with Gasteiger partial charge in [-0.05, 0) is 43.2 Å². The summed E-state index contributed by atoms with van der Waals surface area (Å²) in [6.45, 7) is 1.59. The summed E-state index contributed by atoms with van der Waals surface area (Å²) in [7, 11) is 1.88. The van der Waals surface area contributed by atoms with Crippen LogP contribution >= 0.6 is 11.3 Å². The normalized spacial score (nSPS) is 17.3. The predicted molar refractivity (Wildman–Crippen MR) is 102 cm³/mol. The molecule has 3 heterocycles. The molecule has 7 heteroatoms. The highest BCUT2D eigenvalue weighted by atomic mass is 32.1.